The number of carbonyl (C=O) groups is 6. The molecule has 1 atom stereocenters. The predicted molar refractivity (Wildman–Crippen MR) is 160 cm³/mol. The van der Waals surface area contributed by atoms with Gasteiger partial charge in [-0.1, -0.05) is 12.1 Å². The smallest absolute Gasteiger partial charge is 0.381 e. The summed E-state index contributed by atoms with van der Waals surface area (Å²) >= 11 is -2.27. The molecule has 0 aliphatic carbocycles. The lowest BCUT2D eigenvalue weighted by Gasteiger charge is -2.28. The lowest BCUT2D eigenvalue weighted by atomic mass is 10.1. The fourth-order valence-electron chi connectivity index (χ4n) is 6.39. The number of hydrogen-bond acceptors (Lipinski definition) is 7. The monoisotopic (exact) mass is 705 g/mol. The molecule has 3 aromatic rings. The maximum atomic E-state index is 13.1. The normalized spacial score (nSPS) is 17.8. The summed E-state index contributed by atoms with van der Waals surface area (Å²) < 4.78 is 30.2. The summed E-state index contributed by atoms with van der Waals surface area (Å²) in [7, 11) is 0. The number of nitrogens with one attached hydrogen (secondary N) is 1. The molecule has 6 N–H and O–H groups in total. The number of aromatic nitrogens is 4. The van der Waals surface area contributed by atoms with Gasteiger partial charge in [0.2, 0.25) is 0 Å². The van der Waals surface area contributed by atoms with Gasteiger partial charge >= 0.3 is 41.8 Å². The lowest BCUT2D eigenvalue weighted by molar-refractivity contribution is -0.993. The molecule has 2 amide bonds. The van der Waals surface area contributed by atoms with Gasteiger partial charge in [-0.25, -0.2) is 17.8 Å². The molecule has 1 aromatic carbocycles. The number of anilines is 1. The summed E-state index contributed by atoms with van der Waals surface area (Å²) in [4.78, 5) is 72.9. The van der Waals surface area contributed by atoms with Crippen molar-refractivity contribution in [1.29, 1.82) is 0 Å². The molecule has 21 heteroatoms. The zero-order valence-electron chi connectivity index (χ0n) is 25.7. The molecule has 2 aliphatic heterocycles. The molecular weight excluding hydrogens is 672 g/mol. The predicted octanol–water partition coefficient (Wildman–Crippen LogP) is -2.54. The Hall–Kier alpha value is -5.67. The van der Waals surface area contributed by atoms with Crippen LogP contribution in [0.15, 0.2) is 49.1 Å². The number of nitrogens with zero attached hydrogens (tertiary/aromatic N) is 7. The van der Waals surface area contributed by atoms with Crippen LogP contribution in [0.25, 0.3) is 0 Å². The Bertz CT molecular complexity index is 1730. The van der Waals surface area contributed by atoms with Gasteiger partial charge in [0.25, 0.3) is 23.1 Å². The number of rotatable bonds is 16. The van der Waals surface area contributed by atoms with Crippen LogP contribution in [0.4, 0.5) is 5.69 Å². The van der Waals surface area contributed by atoms with Crippen molar-refractivity contribution < 1.29 is 71.6 Å². The molecule has 2 aromatic heterocycles. The molecular formula is C28H33N8O12S+3. The van der Waals surface area contributed by atoms with E-state index in [1.165, 1.54) is 0 Å². The number of aliphatic carboxylic acids is 4. The molecule has 0 saturated heterocycles. The van der Waals surface area contributed by atoms with Crippen LogP contribution in [-0.2, 0) is 72.8 Å². The van der Waals surface area contributed by atoms with Gasteiger partial charge in [0.1, 0.15) is 57.5 Å². The summed E-state index contributed by atoms with van der Waals surface area (Å²) in [6.07, 6.45) is 6.28. The van der Waals surface area contributed by atoms with Crippen LogP contribution in [0.5, 0.6) is 0 Å². The molecule has 2 aliphatic rings. The number of carboxylic acids is 4. The number of carboxylic acid groups (broad SMARTS) is 4. The lowest BCUT2D eigenvalue weighted by Crippen LogP contribution is -2.51. The van der Waals surface area contributed by atoms with Gasteiger partial charge in [-0.3, -0.25) is 38.0 Å². The van der Waals surface area contributed by atoms with Crippen LogP contribution >= 0.6 is 0 Å². The Kier molecular flexibility index (Phi) is 9.78. The average molecular weight is 706 g/mol. The first kappa shape index (κ1) is 34.7. The number of benzene rings is 1. The van der Waals surface area contributed by atoms with Gasteiger partial charge in [0.15, 0.2) is 26.2 Å². The molecule has 0 fully saturated rings. The van der Waals surface area contributed by atoms with Crippen molar-refractivity contribution >= 4 is 52.6 Å². The van der Waals surface area contributed by atoms with Crippen molar-refractivity contribution in [2.45, 2.75) is 39.0 Å². The third-order valence-corrected chi connectivity index (χ3v) is 8.66. The van der Waals surface area contributed by atoms with E-state index in [0.717, 1.165) is 15.4 Å². The first-order valence-corrected chi connectivity index (χ1v) is 15.7. The summed E-state index contributed by atoms with van der Waals surface area (Å²) in [5.41, 5.74) is 1.25. The second-order valence-electron chi connectivity index (χ2n) is 11.7. The number of imidazole rings is 2. The number of amides is 2. The van der Waals surface area contributed by atoms with E-state index in [1.807, 2.05) is 9.13 Å². The van der Waals surface area contributed by atoms with E-state index >= 15 is 0 Å². The fraction of sp³-hybridized carbons (Fsp3) is 0.357. The summed E-state index contributed by atoms with van der Waals surface area (Å²) in [6, 6.07) is 6.84. The van der Waals surface area contributed by atoms with E-state index in [9.17, 15) is 58.0 Å². The van der Waals surface area contributed by atoms with Gasteiger partial charge in [0, 0.05) is 11.3 Å². The van der Waals surface area contributed by atoms with E-state index in [2.05, 4.69) is 4.72 Å². The van der Waals surface area contributed by atoms with Crippen molar-refractivity contribution in [3.63, 3.8) is 0 Å². The zero-order valence-corrected chi connectivity index (χ0v) is 26.5. The molecule has 20 nitrogen and oxygen atoms in total. The molecule has 5 rings (SSSR count). The molecule has 0 spiro atoms. The number of fused-ring (bicyclic) bond motifs is 5. The highest BCUT2D eigenvalue weighted by Crippen LogP contribution is 2.43. The molecule has 1 unspecified atom stereocenters. The standard InChI is InChI=1S/C28H30N8O12S/c37-22(32(11-24(39)40)12-25(41)42)9-30-5-7-34-20(30)16-36(15-18-1-3-19(4-2-18)29-49(47)48)17-21-31(6-8-35(21)28(34)36)10-23(38)33(13-26(43)44)14-27(45)46/h1-8,28-29H,9-17H2,(H2-3,39,40,41,42,43,44,45,46,47,48)/p+3. The Morgan fingerprint density at radius 1 is 0.755 bits per heavy atom. The molecule has 0 bridgehead atoms. The fourth-order valence-corrected chi connectivity index (χ4v) is 6.73. The van der Waals surface area contributed by atoms with Gasteiger partial charge in [-0.2, -0.15) is 0 Å². The first-order chi connectivity index (χ1) is 23.2. The Balaban J connectivity index is 1.48. The van der Waals surface area contributed by atoms with Crippen LogP contribution in [0, 0.1) is 0 Å². The minimum atomic E-state index is -2.27. The third-order valence-electron chi connectivity index (χ3n) is 8.25. The van der Waals surface area contributed by atoms with Crippen LogP contribution in [0.1, 0.15) is 23.5 Å². The van der Waals surface area contributed by atoms with Crippen molar-refractivity contribution in [2.75, 3.05) is 30.9 Å². The average Bonchev–Trinajstić information content (AvgIpc) is 3.70. The van der Waals surface area contributed by atoms with Crippen LogP contribution < -0.4 is 13.9 Å². The van der Waals surface area contributed by atoms with Crippen LogP contribution in [0.3, 0.4) is 0 Å². The number of quaternary nitrogens is 1. The van der Waals surface area contributed by atoms with E-state index in [0.29, 0.717) is 41.5 Å². The van der Waals surface area contributed by atoms with E-state index in [4.69, 9.17) is 0 Å². The summed E-state index contributed by atoms with van der Waals surface area (Å²) in [6.45, 7) is -2.78. The van der Waals surface area contributed by atoms with Gasteiger partial charge in [-0.15, -0.1) is 9.13 Å². The number of hydrogen-bond donors (Lipinski definition) is 6. The van der Waals surface area contributed by atoms with Crippen LogP contribution in [-0.4, -0.2) is 114 Å². The molecule has 4 heterocycles. The van der Waals surface area contributed by atoms with Gasteiger partial charge < -0.3 is 30.2 Å². The quantitative estimate of drug-likeness (QED) is 0.0512. The second kappa shape index (κ2) is 13.8. The summed E-state index contributed by atoms with van der Waals surface area (Å²) in [5.74, 6) is -5.52. The second-order valence-corrected chi connectivity index (χ2v) is 12.4. The van der Waals surface area contributed by atoms with Crippen LogP contribution in [0.2, 0.25) is 0 Å². The Morgan fingerprint density at radius 3 is 1.53 bits per heavy atom. The highest BCUT2D eigenvalue weighted by atomic mass is 32.2. The molecule has 49 heavy (non-hydrogen) atoms. The Morgan fingerprint density at radius 2 is 1.16 bits per heavy atom. The SMILES string of the molecule is O=C(O)CN(CC(=O)O)C(=O)C[n+]1ccn2c1C[N+]1(Cc3ccc(NS(=O)O)cc3)Cc3n(cc[n+]3CC(=O)N(CC(=O)O)CC(=O)O)C21. The van der Waals surface area contributed by atoms with Crippen molar-refractivity contribution in [3.8, 4) is 0 Å². The van der Waals surface area contributed by atoms with E-state index in [-0.39, 0.29) is 13.1 Å². The van der Waals surface area contributed by atoms with Crippen molar-refractivity contribution in [2.24, 2.45) is 0 Å². The minimum absolute atomic E-state index is 0.301. The zero-order chi connectivity index (χ0) is 35.6. The van der Waals surface area contributed by atoms with Crippen molar-refractivity contribution in [3.05, 3.63) is 66.3 Å². The van der Waals surface area contributed by atoms with Gasteiger partial charge in [0.05, 0.1) is 0 Å². The third kappa shape index (κ3) is 7.58. The summed E-state index contributed by atoms with van der Waals surface area (Å²) in [5, 5.41) is 36.9. The molecule has 260 valence electrons. The molecule has 0 radical (unpaired) electrons. The molecule has 0 saturated carbocycles. The largest absolute Gasteiger partial charge is 0.480 e. The van der Waals surface area contributed by atoms with E-state index < -0.39 is 79.4 Å². The first-order valence-electron chi connectivity index (χ1n) is 14.6. The highest BCUT2D eigenvalue weighted by molar-refractivity contribution is 7.80. The van der Waals surface area contributed by atoms with Crippen molar-refractivity contribution in [1.82, 2.24) is 18.9 Å². The Labute approximate surface area is 279 Å². The highest BCUT2D eigenvalue weighted by Gasteiger charge is 2.63. The number of carbonyl (C=O) groups excluding carboxylic acids is 2. The van der Waals surface area contributed by atoms with Gasteiger partial charge in [-0.05, 0) is 12.1 Å². The maximum absolute atomic E-state index is 13.1. The minimum Gasteiger partial charge on any atom is -0.480 e. The van der Waals surface area contributed by atoms with E-state index in [1.54, 1.807) is 58.2 Å². The topological polar surface area (TPSA) is 257 Å². The maximum Gasteiger partial charge on any atom is 0.381 e.